The van der Waals surface area contributed by atoms with Crippen molar-refractivity contribution in [1.29, 1.82) is 0 Å². The van der Waals surface area contributed by atoms with Crippen LogP contribution in [0, 0.1) is 13.8 Å². The lowest BCUT2D eigenvalue weighted by molar-refractivity contribution is 0.0675. The fourth-order valence-corrected chi connectivity index (χ4v) is 3.69. The third-order valence-electron chi connectivity index (χ3n) is 4.02. The van der Waals surface area contributed by atoms with Crippen LogP contribution < -0.4 is 0 Å². The summed E-state index contributed by atoms with van der Waals surface area (Å²) in [7, 11) is 0. The van der Waals surface area contributed by atoms with E-state index in [1.165, 1.54) is 11.5 Å². The minimum absolute atomic E-state index is 0.0473. The molecule has 118 valence electrons. The lowest BCUT2D eigenvalue weighted by Gasteiger charge is -2.32. The number of likely N-dealkylation sites (tertiary alicyclic amines) is 1. The second-order valence-electron chi connectivity index (χ2n) is 5.60. The zero-order valence-corrected chi connectivity index (χ0v) is 13.9. The summed E-state index contributed by atoms with van der Waals surface area (Å²) in [6.45, 7) is 7.30. The van der Waals surface area contributed by atoms with Crippen LogP contribution in [0.1, 0.15) is 52.8 Å². The van der Waals surface area contributed by atoms with Gasteiger partial charge in [-0.05, 0) is 44.6 Å². The zero-order valence-electron chi connectivity index (χ0n) is 13.1. The molecule has 8 heteroatoms. The molecule has 0 unspecified atom stereocenters. The first-order chi connectivity index (χ1) is 10.6. The first-order valence-electron chi connectivity index (χ1n) is 7.60. The largest absolute Gasteiger partial charge is 0.336 e. The number of hydrogen-bond acceptors (Lipinski definition) is 6. The van der Waals surface area contributed by atoms with Crippen LogP contribution in [0.15, 0.2) is 0 Å². The van der Waals surface area contributed by atoms with E-state index in [1.807, 2.05) is 30.4 Å². The normalized spacial score (nSPS) is 18.7. The number of amides is 1. The molecule has 1 atom stereocenters. The molecule has 0 spiro atoms. The van der Waals surface area contributed by atoms with Gasteiger partial charge in [-0.3, -0.25) is 4.79 Å². The second kappa shape index (κ2) is 6.12. The molecule has 0 bridgehead atoms. The zero-order chi connectivity index (χ0) is 15.7. The van der Waals surface area contributed by atoms with Crippen molar-refractivity contribution in [2.45, 2.75) is 46.1 Å². The Morgan fingerprint density at radius 2 is 2.23 bits per heavy atom. The van der Waals surface area contributed by atoms with Crippen LogP contribution in [-0.2, 0) is 6.42 Å². The Morgan fingerprint density at radius 1 is 1.41 bits per heavy atom. The highest BCUT2D eigenvalue weighted by Gasteiger charge is 2.29. The molecule has 0 N–H and O–H groups in total. The second-order valence-corrected chi connectivity index (χ2v) is 6.35. The van der Waals surface area contributed by atoms with Crippen LogP contribution >= 0.6 is 11.5 Å². The van der Waals surface area contributed by atoms with Gasteiger partial charge < -0.3 is 4.90 Å². The van der Waals surface area contributed by atoms with E-state index in [4.69, 9.17) is 0 Å². The minimum Gasteiger partial charge on any atom is -0.336 e. The van der Waals surface area contributed by atoms with Crippen LogP contribution in [0.5, 0.6) is 0 Å². The molecule has 0 aliphatic carbocycles. The van der Waals surface area contributed by atoms with E-state index in [0.29, 0.717) is 11.4 Å². The predicted octanol–water partition coefficient (Wildman–Crippen LogP) is 1.79. The van der Waals surface area contributed by atoms with Crippen molar-refractivity contribution in [3.05, 3.63) is 22.2 Å². The fraction of sp³-hybridized carbons (Fsp3) is 0.643. The molecule has 1 aliphatic rings. The van der Waals surface area contributed by atoms with Gasteiger partial charge in [-0.25, -0.2) is 9.67 Å². The quantitative estimate of drug-likeness (QED) is 0.861. The van der Waals surface area contributed by atoms with E-state index in [0.717, 1.165) is 43.1 Å². The third-order valence-corrected chi connectivity index (χ3v) is 4.78. The average Bonchev–Trinajstić information content (AvgIpc) is 3.12. The molecule has 22 heavy (non-hydrogen) atoms. The summed E-state index contributed by atoms with van der Waals surface area (Å²) < 4.78 is 5.88. The van der Waals surface area contributed by atoms with Gasteiger partial charge in [0.25, 0.3) is 5.91 Å². The lowest BCUT2D eigenvalue weighted by Crippen LogP contribution is -2.41. The first-order valence-corrected chi connectivity index (χ1v) is 8.37. The van der Waals surface area contributed by atoms with Crippen molar-refractivity contribution >= 4 is 17.4 Å². The van der Waals surface area contributed by atoms with Crippen molar-refractivity contribution in [3.8, 4) is 0 Å². The molecule has 2 aromatic rings. The average molecular weight is 320 g/mol. The summed E-state index contributed by atoms with van der Waals surface area (Å²) in [6, 6.07) is 0.199. The van der Waals surface area contributed by atoms with Gasteiger partial charge in [-0.15, -0.1) is 5.10 Å². The Bertz CT molecular complexity index is 679. The first kappa shape index (κ1) is 15.1. The van der Waals surface area contributed by atoms with Gasteiger partial charge in [0.1, 0.15) is 16.5 Å². The smallest absolute Gasteiger partial charge is 0.267 e. The van der Waals surface area contributed by atoms with Crippen LogP contribution in [0.4, 0.5) is 0 Å². The Morgan fingerprint density at radius 3 is 2.91 bits per heavy atom. The number of piperidine rings is 1. The molecule has 3 rings (SSSR count). The van der Waals surface area contributed by atoms with E-state index >= 15 is 0 Å². The van der Waals surface area contributed by atoms with E-state index in [1.54, 1.807) is 0 Å². The van der Waals surface area contributed by atoms with Crippen LogP contribution in [0.2, 0.25) is 0 Å². The van der Waals surface area contributed by atoms with Gasteiger partial charge in [-0.2, -0.15) is 5.10 Å². The highest BCUT2D eigenvalue weighted by atomic mass is 32.1. The highest BCUT2D eigenvalue weighted by molar-refractivity contribution is 7.08. The van der Waals surface area contributed by atoms with Crippen molar-refractivity contribution in [1.82, 2.24) is 29.3 Å². The minimum atomic E-state index is 0.0473. The van der Waals surface area contributed by atoms with Crippen LogP contribution in [0.3, 0.4) is 0 Å². The number of carbonyl (C=O) groups is 1. The maximum atomic E-state index is 12.7. The standard InChI is InChI=1S/C14H20N6OS/c1-4-12-13(22-18-16-12)14(21)19-7-5-6-11(8-19)20-10(3)15-9(2)17-20/h11H,4-8H2,1-3H3/t11-/m1/s1. The highest BCUT2D eigenvalue weighted by Crippen LogP contribution is 2.24. The Kier molecular flexibility index (Phi) is 4.19. The summed E-state index contributed by atoms with van der Waals surface area (Å²) in [4.78, 5) is 19.7. The third kappa shape index (κ3) is 2.75. The molecule has 3 heterocycles. The van der Waals surface area contributed by atoms with Gasteiger partial charge in [0, 0.05) is 13.1 Å². The summed E-state index contributed by atoms with van der Waals surface area (Å²) in [5.41, 5.74) is 0.796. The Labute approximate surface area is 133 Å². The topological polar surface area (TPSA) is 76.8 Å². The Hall–Kier alpha value is -1.83. The number of rotatable bonds is 3. The van der Waals surface area contributed by atoms with Crippen molar-refractivity contribution < 1.29 is 4.79 Å². The molecule has 0 radical (unpaired) electrons. The molecule has 1 fully saturated rings. The number of nitrogens with zero attached hydrogens (tertiary/aromatic N) is 6. The molecule has 0 aromatic carbocycles. The summed E-state index contributed by atoms with van der Waals surface area (Å²) >= 11 is 1.19. The fourth-order valence-electron chi connectivity index (χ4n) is 2.97. The van der Waals surface area contributed by atoms with E-state index in [2.05, 4.69) is 19.7 Å². The number of carbonyl (C=O) groups excluding carboxylic acids is 1. The van der Waals surface area contributed by atoms with E-state index < -0.39 is 0 Å². The molecule has 1 aliphatic heterocycles. The number of hydrogen-bond donors (Lipinski definition) is 0. The Balaban J connectivity index is 1.78. The lowest BCUT2D eigenvalue weighted by atomic mass is 10.1. The van der Waals surface area contributed by atoms with Gasteiger partial charge >= 0.3 is 0 Å². The van der Waals surface area contributed by atoms with Gasteiger partial charge in [0.2, 0.25) is 0 Å². The van der Waals surface area contributed by atoms with Crippen molar-refractivity contribution in [2.24, 2.45) is 0 Å². The summed E-state index contributed by atoms with van der Waals surface area (Å²) in [6.07, 6.45) is 2.73. The number of aryl methyl sites for hydroxylation is 3. The molecular weight excluding hydrogens is 300 g/mol. The number of aromatic nitrogens is 5. The SMILES string of the molecule is CCc1nnsc1C(=O)N1CCC[C@@H](n2nc(C)nc2C)C1. The predicted molar refractivity (Wildman–Crippen MR) is 83.0 cm³/mol. The van der Waals surface area contributed by atoms with E-state index in [9.17, 15) is 4.79 Å². The van der Waals surface area contributed by atoms with Crippen molar-refractivity contribution in [2.75, 3.05) is 13.1 Å². The molecule has 0 saturated carbocycles. The molecule has 2 aromatic heterocycles. The van der Waals surface area contributed by atoms with Gasteiger partial charge in [-0.1, -0.05) is 11.4 Å². The van der Waals surface area contributed by atoms with Crippen LogP contribution in [0.25, 0.3) is 0 Å². The molecule has 7 nitrogen and oxygen atoms in total. The van der Waals surface area contributed by atoms with E-state index in [-0.39, 0.29) is 11.9 Å². The molecule has 1 amide bonds. The molecular formula is C14H20N6OS. The van der Waals surface area contributed by atoms with Crippen molar-refractivity contribution in [3.63, 3.8) is 0 Å². The van der Waals surface area contributed by atoms with Gasteiger partial charge in [0.15, 0.2) is 0 Å². The molecule has 1 saturated heterocycles. The van der Waals surface area contributed by atoms with Gasteiger partial charge in [0.05, 0.1) is 11.7 Å². The summed E-state index contributed by atoms with van der Waals surface area (Å²) in [5.74, 6) is 1.73. The van der Waals surface area contributed by atoms with Crippen LogP contribution in [-0.4, -0.2) is 48.2 Å². The summed E-state index contributed by atoms with van der Waals surface area (Å²) in [5, 5.41) is 8.51. The maximum absolute atomic E-state index is 12.7. The monoisotopic (exact) mass is 320 g/mol. The maximum Gasteiger partial charge on any atom is 0.267 e.